The molecule has 2 aromatic rings. The monoisotopic (exact) mass is 493 g/mol. The van der Waals surface area contributed by atoms with E-state index in [1.165, 1.54) is 0 Å². The Balaban J connectivity index is 1.75. The van der Waals surface area contributed by atoms with Crippen LogP contribution in [0.1, 0.15) is 18.1 Å². The van der Waals surface area contributed by atoms with E-state index in [1.807, 2.05) is 19.1 Å². The fraction of sp³-hybridized carbons (Fsp3) is 0.211. The van der Waals surface area contributed by atoms with Gasteiger partial charge < -0.3 is 10.6 Å². The highest BCUT2D eigenvalue weighted by Gasteiger charge is 2.49. The van der Waals surface area contributed by atoms with E-state index in [1.54, 1.807) is 37.3 Å². The predicted molar refractivity (Wildman–Crippen MR) is 109 cm³/mol. The van der Waals surface area contributed by atoms with E-state index in [9.17, 15) is 14.4 Å². The molecule has 3 rings (SSSR count). The lowest BCUT2D eigenvalue weighted by Gasteiger charge is -2.22. The van der Waals surface area contributed by atoms with Crippen molar-refractivity contribution in [2.75, 3.05) is 11.9 Å². The number of aryl methyl sites for hydroxylation is 1. The molecule has 0 radical (unpaired) electrons. The van der Waals surface area contributed by atoms with Crippen molar-refractivity contribution < 1.29 is 14.4 Å². The zero-order valence-electron chi connectivity index (χ0n) is 14.7. The predicted octanol–water partition coefficient (Wildman–Crippen LogP) is 3.93. The van der Waals surface area contributed by atoms with Crippen molar-refractivity contribution in [2.45, 2.75) is 19.4 Å². The molecule has 1 aliphatic rings. The van der Waals surface area contributed by atoms with Crippen molar-refractivity contribution in [1.82, 2.24) is 10.2 Å². The number of nitrogens with zero attached hydrogens (tertiary/aromatic N) is 1. The van der Waals surface area contributed by atoms with Gasteiger partial charge in [-0.25, -0.2) is 4.79 Å². The second kappa shape index (κ2) is 7.44. The molecule has 2 aromatic carbocycles. The molecule has 140 valence electrons. The standard InChI is InChI=1S/C19H17Br2N3O3/c1-11-8-14(6-7-15(11)21)22-16(25)10-24-17(26)19(2,23-18(24)27)12-4-3-5-13(20)9-12/h3-9H,10H2,1-2H3,(H,22,25)(H,23,27). The molecule has 1 fully saturated rings. The van der Waals surface area contributed by atoms with Crippen molar-refractivity contribution in [2.24, 2.45) is 0 Å². The van der Waals surface area contributed by atoms with Gasteiger partial charge in [0.15, 0.2) is 0 Å². The number of anilines is 1. The number of hydrogen-bond donors (Lipinski definition) is 2. The summed E-state index contributed by atoms with van der Waals surface area (Å²) >= 11 is 6.77. The molecule has 0 saturated carbocycles. The molecule has 4 amide bonds. The first-order chi connectivity index (χ1) is 12.7. The molecule has 2 N–H and O–H groups in total. The van der Waals surface area contributed by atoms with Crippen LogP contribution in [0.15, 0.2) is 51.4 Å². The maximum atomic E-state index is 12.9. The molecule has 1 saturated heterocycles. The van der Waals surface area contributed by atoms with Gasteiger partial charge in [0.05, 0.1) is 0 Å². The topological polar surface area (TPSA) is 78.5 Å². The van der Waals surface area contributed by atoms with Gasteiger partial charge in [-0.15, -0.1) is 0 Å². The Morgan fingerprint density at radius 3 is 2.59 bits per heavy atom. The molecule has 1 unspecified atom stereocenters. The fourth-order valence-corrected chi connectivity index (χ4v) is 3.55. The van der Waals surface area contributed by atoms with Crippen molar-refractivity contribution >= 4 is 55.4 Å². The van der Waals surface area contributed by atoms with Crippen LogP contribution in [0.3, 0.4) is 0 Å². The number of amides is 4. The summed E-state index contributed by atoms with van der Waals surface area (Å²) in [7, 11) is 0. The van der Waals surface area contributed by atoms with Crippen LogP contribution >= 0.6 is 31.9 Å². The van der Waals surface area contributed by atoms with Gasteiger partial charge >= 0.3 is 6.03 Å². The number of nitrogens with one attached hydrogen (secondary N) is 2. The SMILES string of the molecule is Cc1cc(NC(=O)CN2C(=O)NC(C)(c3cccc(Br)c3)C2=O)ccc1Br. The van der Waals surface area contributed by atoms with Crippen LogP contribution in [0.25, 0.3) is 0 Å². The Morgan fingerprint density at radius 2 is 1.93 bits per heavy atom. The quantitative estimate of drug-likeness (QED) is 0.632. The number of benzene rings is 2. The van der Waals surface area contributed by atoms with E-state index in [0.29, 0.717) is 11.3 Å². The zero-order valence-corrected chi connectivity index (χ0v) is 17.8. The Labute approximate surface area is 173 Å². The first kappa shape index (κ1) is 19.6. The van der Waals surface area contributed by atoms with E-state index in [4.69, 9.17) is 0 Å². The van der Waals surface area contributed by atoms with Gasteiger partial charge in [-0.3, -0.25) is 14.5 Å². The maximum absolute atomic E-state index is 12.9. The number of carbonyl (C=O) groups excluding carboxylic acids is 3. The van der Waals surface area contributed by atoms with Crippen LogP contribution in [0.2, 0.25) is 0 Å². The molecular weight excluding hydrogens is 478 g/mol. The van der Waals surface area contributed by atoms with Gasteiger partial charge in [0, 0.05) is 14.6 Å². The first-order valence-electron chi connectivity index (χ1n) is 8.17. The highest BCUT2D eigenvalue weighted by Crippen LogP contribution is 2.30. The molecule has 0 bridgehead atoms. The first-order valence-corrected chi connectivity index (χ1v) is 9.75. The molecule has 27 heavy (non-hydrogen) atoms. The molecule has 1 aliphatic heterocycles. The third kappa shape index (κ3) is 3.91. The Kier molecular flexibility index (Phi) is 5.39. The zero-order chi connectivity index (χ0) is 19.8. The van der Waals surface area contributed by atoms with Crippen LogP contribution in [0.5, 0.6) is 0 Å². The Morgan fingerprint density at radius 1 is 1.19 bits per heavy atom. The number of imide groups is 1. The molecule has 0 aromatic heterocycles. The Hall–Kier alpha value is -2.19. The minimum absolute atomic E-state index is 0.358. The highest BCUT2D eigenvalue weighted by atomic mass is 79.9. The lowest BCUT2D eigenvalue weighted by Crippen LogP contribution is -2.42. The molecule has 8 heteroatoms. The summed E-state index contributed by atoms with van der Waals surface area (Å²) in [5, 5.41) is 5.40. The van der Waals surface area contributed by atoms with Gasteiger partial charge in [0.1, 0.15) is 12.1 Å². The summed E-state index contributed by atoms with van der Waals surface area (Å²) < 4.78 is 1.73. The number of hydrogen-bond acceptors (Lipinski definition) is 3. The molecular formula is C19H17Br2N3O3. The van der Waals surface area contributed by atoms with Crippen LogP contribution < -0.4 is 10.6 Å². The van der Waals surface area contributed by atoms with Crippen LogP contribution in [-0.4, -0.2) is 29.3 Å². The van der Waals surface area contributed by atoms with E-state index in [0.717, 1.165) is 19.4 Å². The third-order valence-electron chi connectivity index (χ3n) is 4.42. The lowest BCUT2D eigenvalue weighted by molar-refractivity contribution is -0.133. The molecule has 0 spiro atoms. The highest BCUT2D eigenvalue weighted by molar-refractivity contribution is 9.10. The fourth-order valence-electron chi connectivity index (χ4n) is 2.90. The number of rotatable bonds is 4. The minimum atomic E-state index is -1.21. The second-order valence-electron chi connectivity index (χ2n) is 6.47. The van der Waals surface area contributed by atoms with Gasteiger partial charge in [0.2, 0.25) is 5.91 Å². The summed E-state index contributed by atoms with van der Waals surface area (Å²) in [5.74, 6) is -0.911. The van der Waals surface area contributed by atoms with Gasteiger partial charge in [-0.1, -0.05) is 44.0 Å². The molecule has 1 heterocycles. The van der Waals surface area contributed by atoms with E-state index >= 15 is 0 Å². The average Bonchev–Trinajstić information content (AvgIpc) is 2.82. The lowest BCUT2D eigenvalue weighted by atomic mass is 9.92. The van der Waals surface area contributed by atoms with Crippen molar-refractivity contribution in [3.63, 3.8) is 0 Å². The molecule has 0 aliphatic carbocycles. The summed E-state index contributed by atoms with van der Waals surface area (Å²) in [6, 6.07) is 11.9. The van der Waals surface area contributed by atoms with Gasteiger partial charge in [-0.2, -0.15) is 0 Å². The van der Waals surface area contributed by atoms with Crippen molar-refractivity contribution in [3.05, 3.63) is 62.5 Å². The van der Waals surface area contributed by atoms with Crippen LogP contribution in [0, 0.1) is 6.92 Å². The summed E-state index contributed by atoms with van der Waals surface area (Å²) in [6.07, 6.45) is 0. The number of halogens is 2. The van der Waals surface area contributed by atoms with Crippen LogP contribution in [-0.2, 0) is 15.1 Å². The summed E-state index contributed by atoms with van der Waals surface area (Å²) in [5.41, 5.74) is 0.990. The summed E-state index contributed by atoms with van der Waals surface area (Å²) in [6.45, 7) is 3.18. The van der Waals surface area contributed by atoms with E-state index in [2.05, 4.69) is 42.5 Å². The number of carbonyl (C=O) groups is 3. The van der Waals surface area contributed by atoms with Crippen LogP contribution in [0.4, 0.5) is 10.5 Å². The second-order valence-corrected chi connectivity index (χ2v) is 8.24. The Bertz CT molecular complexity index is 948. The van der Waals surface area contributed by atoms with Crippen molar-refractivity contribution in [3.8, 4) is 0 Å². The van der Waals surface area contributed by atoms with E-state index < -0.39 is 23.4 Å². The van der Waals surface area contributed by atoms with Gasteiger partial charge in [0.25, 0.3) is 5.91 Å². The maximum Gasteiger partial charge on any atom is 0.325 e. The normalized spacial score (nSPS) is 19.2. The van der Waals surface area contributed by atoms with E-state index in [-0.39, 0.29) is 6.54 Å². The largest absolute Gasteiger partial charge is 0.325 e. The van der Waals surface area contributed by atoms with Crippen molar-refractivity contribution in [1.29, 1.82) is 0 Å². The molecule has 1 atom stereocenters. The van der Waals surface area contributed by atoms with Gasteiger partial charge in [-0.05, 0) is 55.3 Å². The number of urea groups is 1. The smallest absolute Gasteiger partial charge is 0.325 e. The molecule has 6 nitrogen and oxygen atoms in total. The average molecular weight is 495 g/mol. The third-order valence-corrected chi connectivity index (χ3v) is 5.80. The summed E-state index contributed by atoms with van der Waals surface area (Å²) in [4.78, 5) is 38.5. The minimum Gasteiger partial charge on any atom is -0.325 e.